The quantitative estimate of drug-likeness (QED) is 0.814. The van der Waals surface area contributed by atoms with Crippen molar-refractivity contribution in [1.29, 1.82) is 0 Å². The van der Waals surface area contributed by atoms with Gasteiger partial charge in [0.1, 0.15) is 0 Å². The lowest BCUT2D eigenvalue weighted by molar-refractivity contribution is 0.00656. The number of nitrogens with zero attached hydrogens (tertiary/aromatic N) is 1. The van der Waals surface area contributed by atoms with Gasteiger partial charge in [0, 0.05) is 31.2 Å². The van der Waals surface area contributed by atoms with Gasteiger partial charge in [-0.3, -0.25) is 0 Å². The van der Waals surface area contributed by atoms with Crippen LogP contribution in [-0.4, -0.2) is 49.8 Å². The highest BCUT2D eigenvalue weighted by molar-refractivity contribution is 4.84. The van der Waals surface area contributed by atoms with Gasteiger partial charge in [-0.2, -0.15) is 0 Å². The van der Waals surface area contributed by atoms with Gasteiger partial charge in [0.25, 0.3) is 0 Å². The summed E-state index contributed by atoms with van der Waals surface area (Å²) in [4.78, 5) is 2.68. The summed E-state index contributed by atoms with van der Waals surface area (Å²) in [5.41, 5.74) is 0. The maximum atomic E-state index is 5.70. The maximum absolute atomic E-state index is 5.70. The zero-order valence-electron chi connectivity index (χ0n) is 12.2. The van der Waals surface area contributed by atoms with E-state index in [2.05, 4.69) is 24.1 Å². The van der Waals surface area contributed by atoms with E-state index in [0.717, 1.165) is 25.8 Å². The Morgan fingerprint density at radius 2 is 2.17 bits per heavy atom. The molecule has 3 unspecified atom stereocenters. The predicted molar refractivity (Wildman–Crippen MR) is 75.9 cm³/mol. The van der Waals surface area contributed by atoms with Crippen LogP contribution in [0.3, 0.4) is 0 Å². The van der Waals surface area contributed by atoms with E-state index < -0.39 is 0 Å². The molecule has 2 aliphatic heterocycles. The minimum atomic E-state index is 0.674. The van der Waals surface area contributed by atoms with Crippen LogP contribution in [0.15, 0.2) is 0 Å². The van der Waals surface area contributed by atoms with Crippen LogP contribution in [-0.2, 0) is 4.74 Å². The summed E-state index contributed by atoms with van der Waals surface area (Å²) in [6, 6.07) is 1.44. The second kappa shape index (κ2) is 7.46. The van der Waals surface area contributed by atoms with E-state index in [9.17, 15) is 0 Å². The topological polar surface area (TPSA) is 24.5 Å². The second-order valence-corrected chi connectivity index (χ2v) is 6.02. The van der Waals surface area contributed by atoms with Gasteiger partial charge in [-0.05, 0) is 45.7 Å². The molecule has 18 heavy (non-hydrogen) atoms. The highest BCUT2D eigenvalue weighted by Crippen LogP contribution is 2.22. The zero-order valence-corrected chi connectivity index (χ0v) is 12.2. The van der Waals surface area contributed by atoms with Crippen LogP contribution < -0.4 is 5.32 Å². The Kier molecular flexibility index (Phi) is 5.93. The Hall–Kier alpha value is -0.120. The van der Waals surface area contributed by atoms with Crippen LogP contribution in [0.5, 0.6) is 0 Å². The predicted octanol–water partition coefficient (Wildman–Crippen LogP) is 2.27. The highest BCUT2D eigenvalue weighted by atomic mass is 16.5. The van der Waals surface area contributed by atoms with E-state index in [-0.39, 0.29) is 0 Å². The third kappa shape index (κ3) is 3.94. The van der Waals surface area contributed by atoms with Crippen molar-refractivity contribution >= 4 is 0 Å². The minimum absolute atomic E-state index is 0.674. The van der Waals surface area contributed by atoms with Crippen LogP contribution in [0, 0.1) is 5.92 Å². The number of rotatable bonds is 5. The molecule has 3 heteroatoms. The Morgan fingerprint density at radius 1 is 1.28 bits per heavy atom. The molecular formula is C15H30N2O. The molecule has 0 radical (unpaired) electrons. The Bertz CT molecular complexity index is 235. The first-order valence-electron chi connectivity index (χ1n) is 7.86. The van der Waals surface area contributed by atoms with Gasteiger partial charge >= 0.3 is 0 Å². The van der Waals surface area contributed by atoms with Crippen molar-refractivity contribution in [1.82, 2.24) is 10.2 Å². The molecule has 2 heterocycles. The van der Waals surface area contributed by atoms with E-state index in [4.69, 9.17) is 4.74 Å². The van der Waals surface area contributed by atoms with Crippen molar-refractivity contribution in [3.63, 3.8) is 0 Å². The summed E-state index contributed by atoms with van der Waals surface area (Å²) < 4.78 is 5.70. The molecule has 3 nitrogen and oxygen atoms in total. The Labute approximate surface area is 112 Å². The fourth-order valence-corrected chi connectivity index (χ4v) is 3.31. The van der Waals surface area contributed by atoms with Crippen LogP contribution in [0.2, 0.25) is 0 Å². The molecule has 106 valence electrons. The molecule has 0 spiro atoms. The average molecular weight is 254 g/mol. The van der Waals surface area contributed by atoms with E-state index in [0.29, 0.717) is 12.0 Å². The fourth-order valence-electron chi connectivity index (χ4n) is 3.31. The van der Waals surface area contributed by atoms with Crippen molar-refractivity contribution in [2.75, 3.05) is 32.8 Å². The van der Waals surface area contributed by atoms with Crippen LogP contribution in [0.1, 0.15) is 46.0 Å². The van der Waals surface area contributed by atoms with E-state index in [1.54, 1.807) is 0 Å². The molecule has 0 aromatic rings. The number of piperidine rings is 1. The lowest BCUT2D eigenvalue weighted by Gasteiger charge is -2.40. The number of hydrogen-bond donors (Lipinski definition) is 1. The standard InChI is InChI=1S/C15H30N2O/c1-3-8-16-15-7-10-18-12-14(15)11-17-9-5-4-6-13(17)2/h13-16H,3-12H2,1-2H3. The Balaban J connectivity index is 1.83. The molecule has 3 atom stereocenters. The molecule has 0 saturated carbocycles. The molecule has 2 fully saturated rings. The monoisotopic (exact) mass is 254 g/mol. The van der Waals surface area contributed by atoms with Gasteiger partial charge in [-0.25, -0.2) is 0 Å². The molecule has 0 bridgehead atoms. The SMILES string of the molecule is CCCNC1CCOCC1CN1CCCCC1C. The highest BCUT2D eigenvalue weighted by Gasteiger charge is 2.29. The average Bonchev–Trinajstić information content (AvgIpc) is 2.40. The van der Waals surface area contributed by atoms with Gasteiger partial charge in [0.05, 0.1) is 6.61 Å². The van der Waals surface area contributed by atoms with Crippen molar-refractivity contribution in [3.8, 4) is 0 Å². The lowest BCUT2D eigenvalue weighted by atomic mass is 9.93. The first kappa shape index (κ1) is 14.3. The van der Waals surface area contributed by atoms with Gasteiger partial charge in [0.15, 0.2) is 0 Å². The summed E-state index contributed by atoms with van der Waals surface area (Å²) in [7, 11) is 0. The summed E-state index contributed by atoms with van der Waals surface area (Å²) in [6.07, 6.45) is 6.58. The number of hydrogen-bond acceptors (Lipinski definition) is 3. The molecule has 1 N–H and O–H groups in total. The molecule has 2 aliphatic rings. The summed E-state index contributed by atoms with van der Waals surface area (Å²) in [6.45, 7) is 10.2. The summed E-state index contributed by atoms with van der Waals surface area (Å²) >= 11 is 0. The molecule has 2 saturated heterocycles. The number of likely N-dealkylation sites (tertiary alicyclic amines) is 1. The van der Waals surface area contributed by atoms with Crippen LogP contribution in [0.25, 0.3) is 0 Å². The normalized spacial score (nSPS) is 34.7. The summed E-state index contributed by atoms with van der Waals surface area (Å²) in [5.74, 6) is 0.686. The maximum Gasteiger partial charge on any atom is 0.0521 e. The van der Waals surface area contributed by atoms with Crippen LogP contribution >= 0.6 is 0 Å². The van der Waals surface area contributed by atoms with Gasteiger partial charge in [0.2, 0.25) is 0 Å². The molecule has 2 rings (SSSR count). The van der Waals surface area contributed by atoms with Gasteiger partial charge in [-0.15, -0.1) is 0 Å². The Morgan fingerprint density at radius 3 is 2.94 bits per heavy atom. The van der Waals surface area contributed by atoms with Crippen LogP contribution in [0.4, 0.5) is 0 Å². The third-order valence-corrected chi connectivity index (χ3v) is 4.54. The van der Waals surface area contributed by atoms with Gasteiger partial charge in [-0.1, -0.05) is 13.3 Å². The minimum Gasteiger partial charge on any atom is -0.381 e. The second-order valence-electron chi connectivity index (χ2n) is 6.02. The van der Waals surface area contributed by atoms with Crippen molar-refractivity contribution < 1.29 is 4.74 Å². The zero-order chi connectivity index (χ0) is 12.8. The summed E-state index contributed by atoms with van der Waals surface area (Å²) in [5, 5.41) is 3.72. The van der Waals surface area contributed by atoms with Crippen molar-refractivity contribution in [3.05, 3.63) is 0 Å². The molecular weight excluding hydrogens is 224 g/mol. The third-order valence-electron chi connectivity index (χ3n) is 4.54. The lowest BCUT2D eigenvalue weighted by Crippen LogP contribution is -2.50. The van der Waals surface area contributed by atoms with E-state index >= 15 is 0 Å². The molecule has 0 aromatic heterocycles. The first-order valence-corrected chi connectivity index (χ1v) is 7.86. The fraction of sp³-hybridized carbons (Fsp3) is 1.00. The molecule has 0 aromatic carbocycles. The van der Waals surface area contributed by atoms with Crippen molar-refractivity contribution in [2.24, 2.45) is 5.92 Å². The van der Waals surface area contributed by atoms with E-state index in [1.165, 1.54) is 45.2 Å². The molecule has 0 amide bonds. The largest absolute Gasteiger partial charge is 0.381 e. The molecule has 0 aliphatic carbocycles. The first-order chi connectivity index (χ1) is 8.81. The smallest absolute Gasteiger partial charge is 0.0521 e. The van der Waals surface area contributed by atoms with Crippen molar-refractivity contribution in [2.45, 2.75) is 58.0 Å². The van der Waals surface area contributed by atoms with E-state index in [1.807, 2.05) is 0 Å². The number of nitrogens with one attached hydrogen (secondary N) is 1. The van der Waals surface area contributed by atoms with Gasteiger partial charge < -0.3 is 15.0 Å². The number of ether oxygens (including phenoxy) is 1.